The van der Waals surface area contributed by atoms with Gasteiger partial charge < -0.3 is 4.74 Å². The van der Waals surface area contributed by atoms with E-state index in [-0.39, 0.29) is 11.9 Å². The molecular formula is C13H14N4O2. The van der Waals surface area contributed by atoms with E-state index >= 15 is 0 Å². The summed E-state index contributed by atoms with van der Waals surface area (Å²) in [7, 11) is 1.63. The van der Waals surface area contributed by atoms with Gasteiger partial charge >= 0.3 is 0 Å². The first-order valence-corrected chi connectivity index (χ1v) is 5.67. The summed E-state index contributed by atoms with van der Waals surface area (Å²) in [4.78, 5) is 15.1. The Kier molecular flexibility index (Phi) is 3.92. The molecule has 19 heavy (non-hydrogen) atoms. The van der Waals surface area contributed by atoms with E-state index in [1.165, 1.54) is 6.08 Å². The summed E-state index contributed by atoms with van der Waals surface area (Å²) < 4.78 is 6.73. The molecule has 1 N–H and O–H groups in total. The molecule has 0 aliphatic carbocycles. The van der Waals surface area contributed by atoms with Crippen LogP contribution >= 0.6 is 0 Å². The van der Waals surface area contributed by atoms with Crippen LogP contribution in [0.15, 0.2) is 43.2 Å². The fourth-order valence-electron chi connectivity index (χ4n) is 1.51. The number of anilines is 1. The molecule has 2 aromatic rings. The number of nitrogens with zero attached hydrogens (tertiary/aromatic N) is 3. The van der Waals surface area contributed by atoms with Crippen molar-refractivity contribution in [3.05, 3.63) is 48.8 Å². The van der Waals surface area contributed by atoms with Crippen LogP contribution in [0.2, 0.25) is 0 Å². The lowest BCUT2D eigenvalue weighted by Gasteiger charge is -2.03. The minimum Gasteiger partial charge on any atom is -0.497 e. The number of carbonyl (C=O) groups excluding carboxylic acids is 1. The molecule has 0 fully saturated rings. The summed E-state index contributed by atoms with van der Waals surface area (Å²) >= 11 is 0. The average molecular weight is 258 g/mol. The SMILES string of the molecule is C=CC(=O)Nc1ncn(Cc2ccc(OC)cc2)n1. The molecule has 0 aliphatic rings. The number of hydrogen-bond acceptors (Lipinski definition) is 4. The van der Waals surface area contributed by atoms with Crippen LogP contribution in [0, 0.1) is 0 Å². The molecule has 1 heterocycles. The average Bonchev–Trinajstić information content (AvgIpc) is 2.86. The zero-order valence-electron chi connectivity index (χ0n) is 10.5. The summed E-state index contributed by atoms with van der Waals surface area (Å²) in [5, 5.41) is 6.63. The number of nitrogens with one attached hydrogen (secondary N) is 1. The third kappa shape index (κ3) is 3.41. The van der Waals surface area contributed by atoms with Crippen LogP contribution in [0.5, 0.6) is 5.75 Å². The van der Waals surface area contributed by atoms with Crippen LogP contribution < -0.4 is 10.1 Å². The highest BCUT2D eigenvalue weighted by Crippen LogP contribution is 2.12. The molecule has 0 bridgehead atoms. The third-order valence-electron chi connectivity index (χ3n) is 2.46. The van der Waals surface area contributed by atoms with E-state index in [1.54, 1.807) is 18.1 Å². The van der Waals surface area contributed by atoms with Crippen LogP contribution in [0.4, 0.5) is 5.95 Å². The fourth-order valence-corrected chi connectivity index (χ4v) is 1.51. The zero-order valence-corrected chi connectivity index (χ0v) is 10.5. The van der Waals surface area contributed by atoms with E-state index in [9.17, 15) is 4.79 Å². The van der Waals surface area contributed by atoms with Crippen molar-refractivity contribution in [2.24, 2.45) is 0 Å². The normalized spacial score (nSPS) is 9.95. The Bertz CT molecular complexity index is 575. The Hall–Kier alpha value is -2.63. The van der Waals surface area contributed by atoms with Gasteiger partial charge in [0.15, 0.2) is 0 Å². The second kappa shape index (κ2) is 5.81. The van der Waals surface area contributed by atoms with Crippen LogP contribution in [0.3, 0.4) is 0 Å². The molecule has 0 saturated heterocycles. The standard InChI is InChI=1S/C13H14N4O2/c1-3-12(18)15-13-14-9-17(16-13)8-10-4-6-11(19-2)7-5-10/h3-7,9H,1,8H2,2H3,(H,15,16,18). The van der Waals surface area contributed by atoms with Gasteiger partial charge in [0.2, 0.25) is 11.9 Å². The molecule has 0 radical (unpaired) electrons. The van der Waals surface area contributed by atoms with Crippen molar-refractivity contribution in [2.75, 3.05) is 12.4 Å². The molecular weight excluding hydrogens is 244 g/mol. The van der Waals surface area contributed by atoms with Crippen LogP contribution in [0.1, 0.15) is 5.56 Å². The monoisotopic (exact) mass is 258 g/mol. The number of benzene rings is 1. The van der Waals surface area contributed by atoms with Crippen molar-refractivity contribution in [3.8, 4) is 5.75 Å². The van der Waals surface area contributed by atoms with Gasteiger partial charge in [-0.15, -0.1) is 5.10 Å². The summed E-state index contributed by atoms with van der Waals surface area (Å²) in [6, 6.07) is 7.66. The molecule has 98 valence electrons. The Morgan fingerprint density at radius 2 is 2.21 bits per heavy atom. The van der Waals surface area contributed by atoms with Gasteiger partial charge in [-0.3, -0.25) is 10.1 Å². The predicted molar refractivity (Wildman–Crippen MR) is 70.9 cm³/mol. The highest BCUT2D eigenvalue weighted by molar-refractivity contribution is 5.97. The molecule has 1 aromatic heterocycles. The van der Waals surface area contributed by atoms with E-state index in [4.69, 9.17) is 4.74 Å². The van der Waals surface area contributed by atoms with Crippen molar-refractivity contribution in [2.45, 2.75) is 6.54 Å². The zero-order chi connectivity index (χ0) is 13.7. The van der Waals surface area contributed by atoms with Gasteiger partial charge in [0.1, 0.15) is 12.1 Å². The number of ether oxygens (including phenoxy) is 1. The van der Waals surface area contributed by atoms with Gasteiger partial charge in [0.05, 0.1) is 13.7 Å². The molecule has 0 aliphatic heterocycles. The molecule has 0 saturated carbocycles. The van der Waals surface area contributed by atoms with Gasteiger partial charge in [-0.25, -0.2) is 9.67 Å². The van der Waals surface area contributed by atoms with Crippen molar-refractivity contribution < 1.29 is 9.53 Å². The quantitative estimate of drug-likeness (QED) is 0.824. The molecule has 0 spiro atoms. The fraction of sp³-hybridized carbons (Fsp3) is 0.154. The highest BCUT2D eigenvalue weighted by atomic mass is 16.5. The molecule has 2 rings (SSSR count). The number of rotatable bonds is 5. The third-order valence-corrected chi connectivity index (χ3v) is 2.46. The summed E-state index contributed by atoms with van der Waals surface area (Å²) in [5.41, 5.74) is 1.06. The van der Waals surface area contributed by atoms with Gasteiger partial charge in [-0.1, -0.05) is 18.7 Å². The Labute approximate surface area is 110 Å². The summed E-state index contributed by atoms with van der Waals surface area (Å²) in [5.74, 6) is 0.738. The highest BCUT2D eigenvalue weighted by Gasteiger charge is 2.03. The maximum Gasteiger partial charge on any atom is 0.250 e. The predicted octanol–water partition coefficient (Wildman–Crippen LogP) is 1.46. The second-order valence-electron chi connectivity index (χ2n) is 3.81. The van der Waals surface area contributed by atoms with Crippen molar-refractivity contribution >= 4 is 11.9 Å². The lowest BCUT2D eigenvalue weighted by atomic mass is 10.2. The van der Waals surface area contributed by atoms with Gasteiger partial charge in [-0.05, 0) is 23.8 Å². The molecule has 0 unspecified atom stereocenters. The molecule has 6 nitrogen and oxygen atoms in total. The van der Waals surface area contributed by atoms with E-state index in [0.717, 1.165) is 11.3 Å². The molecule has 1 aromatic carbocycles. The summed E-state index contributed by atoms with van der Waals surface area (Å²) in [6.07, 6.45) is 2.73. The lowest BCUT2D eigenvalue weighted by molar-refractivity contribution is -0.111. The van der Waals surface area contributed by atoms with E-state index in [1.807, 2.05) is 24.3 Å². The van der Waals surface area contributed by atoms with Crippen LogP contribution in [0.25, 0.3) is 0 Å². The number of methoxy groups -OCH3 is 1. The number of aromatic nitrogens is 3. The maximum absolute atomic E-state index is 11.1. The van der Waals surface area contributed by atoms with E-state index < -0.39 is 0 Å². The first-order chi connectivity index (χ1) is 9.21. The summed E-state index contributed by atoms with van der Waals surface area (Å²) in [6.45, 7) is 3.93. The molecule has 6 heteroatoms. The Morgan fingerprint density at radius 1 is 1.47 bits per heavy atom. The van der Waals surface area contributed by atoms with Crippen LogP contribution in [-0.4, -0.2) is 27.8 Å². The number of amides is 1. The number of hydrogen-bond donors (Lipinski definition) is 1. The van der Waals surface area contributed by atoms with Crippen molar-refractivity contribution in [3.63, 3.8) is 0 Å². The molecule has 0 atom stereocenters. The van der Waals surface area contributed by atoms with Crippen molar-refractivity contribution in [1.82, 2.24) is 14.8 Å². The Balaban J connectivity index is 2.02. The topological polar surface area (TPSA) is 69.0 Å². The minimum atomic E-state index is -0.331. The number of carbonyl (C=O) groups is 1. The first kappa shape index (κ1) is 12.8. The molecule has 1 amide bonds. The minimum absolute atomic E-state index is 0.262. The van der Waals surface area contributed by atoms with Gasteiger partial charge in [-0.2, -0.15) is 0 Å². The van der Waals surface area contributed by atoms with E-state index in [0.29, 0.717) is 6.54 Å². The van der Waals surface area contributed by atoms with Crippen LogP contribution in [-0.2, 0) is 11.3 Å². The van der Waals surface area contributed by atoms with E-state index in [2.05, 4.69) is 22.0 Å². The first-order valence-electron chi connectivity index (χ1n) is 5.67. The lowest BCUT2D eigenvalue weighted by Crippen LogP contribution is -2.09. The largest absolute Gasteiger partial charge is 0.497 e. The van der Waals surface area contributed by atoms with Crippen molar-refractivity contribution in [1.29, 1.82) is 0 Å². The second-order valence-corrected chi connectivity index (χ2v) is 3.81. The van der Waals surface area contributed by atoms with Gasteiger partial charge in [0.25, 0.3) is 0 Å². The smallest absolute Gasteiger partial charge is 0.250 e. The maximum atomic E-state index is 11.1. The Morgan fingerprint density at radius 3 is 2.84 bits per heavy atom. The van der Waals surface area contributed by atoms with Gasteiger partial charge in [0, 0.05) is 0 Å².